The molecule has 0 spiro atoms. The molecule has 0 saturated carbocycles. The Morgan fingerprint density at radius 2 is 1.93 bits per heavy atom. The number of benzene rings is 2. The first kappa shape index (κ1) is 18.1. The lowest BCUT2D eigenvalue weighted by Crippen LogP contribution is -2.07. The van der Waals surface area contributed by atoms with Crippen LogP contribution in [0.1, 0.15) is 22.5 Å². The molecule has 142 valence electrons. The maximum atomic E-state index is 13.4. The zero-order chi connectivity index (χ0) is 19.7. The normalized spacial score (nSPS) is 11.1. The molecule has 4 N–H and O–H groups in total. The molecule has 0 aliphatic rings. The van der Waals surface area contributed by atoms with Crippen molar-refractivity contribution < 1.29 is 4.39 Å². The lowest BCUT2D eigenvalue weighted by molar-refractivity contribution is 0.626. The highest BCUT2D eigenvalue weighted by Crippen LogP contribution is 2.32. The Labute approximate surface area is 162 Å². The van der Waals surface area contributed by atoms with E-state index in [-0.39, 0.29) is 5.82 Å². The number of nitrogens with one attached hydrogen (secondary N) is 2. The van der Waals surface area contributed by atoms with Gasteiger partial charge in [-0.05, 0) is 37.1 Å². The average Bonchev–Trinajstić information content (AvgIpc) is 3.03. The molecular weight excluding hydrogens is 355 g/mol. The molecule has 0 amide bonds. The highest BCUT2D eigenvalue weighted by atomic mass is 19.1. The van der Waals surface area contributed by atoms with Gasteiger partial charge in [0.1, 0.15) is 11.5 Å². The maximum absolute atomic E-state index is 13.4. The number of aromatic nitrogens is 4. The number of H-pyrrole nitrogens is 1. The van der Waals surface area contributed by atoms with Crippen LogP contribution in [-0.4, -0.2) is 20.2 Å². The summed E-state index contributed by atoms with van der Waals surface area (Å²) in [6.45, 7) is 4.72. The second kappa shape index (κ2) is 7.36. The van der Waals surface area contributed by atoms with Crippen molar-refractivity contribution >= 4 is 16.7 Å². The third-order valence-electron chi connectivity index (χ3n) is 4.76. The summed E-state index contributed by atoms with van der Waals surface area (Å²) in [5, 5.41) is 12.8. The van der Waals surface area contributed by atoms with Crippen LogP contribution in [0, 0.1) is 19.7 Å². The van der Waals surface area contributed by atoms with Crippen LogP contribution in [-0.2, 0) is 13.1 Å². The van der Waals surface area contributed by atoms with Gasteiger partial charge in [-0.3, -0.25) is 0 Å². The van der Waals surface area contributed by atoms with Crippen molar-refractivity contribution in [3.8, 4) is 11.4 Å². The van der Waals surface area contributed by atoms with Crippen molar-refractivity contribution in [1.29, 1.82) is 0 Å². The van der Waals surface area contributed by atoms with Crippen LogP contribution < -0.4 is 11.1 Å². The first-order valence-electron chi connectivity index (χ1n) is 9.07. The molecule has 0 bridgehead atoms. The number of para-hydroxylation sites is 1. The summed E-state index contributed by atoms with van der Waals surface area (Å²) in [6.07, 6.45) is 0. The van der Waals surface area contributed by atoms with E-state index >= 15 is 0 Å². The van der Waals surface area contributed by atoms with E-state index in [1.807, 2.05) is 38.1 Å². The molecule has 2 aromatic heterocycles. The third-order valence-corrected chi connectivity index (χ3v) is 4.76. The van der Waals surface area contributed by atoms with Crippen LogP contribution >= 0.6 is 0 Å². The zero-order valence-electron chi connectivity index (χ0n) is 15.8. The summed E-state index contributed by atoms with van der Waals surface area (Å²) >= 11 is 0. The fraction of sp³-hybridized carbons (Fsp3) is 0.190. The number of rotatable bonds is 5. The van der Waals surface area contributed by atoms with Crippen molar-refractivity contribution in [1.82, 2.24) is 20.2 Å². The second-order valence-electron chi connectivity index (χ2n) is 6.72. The molecule has 0 aliphatic carbocycles. The number of fused-ring (bicyclic) bond motifs is 1. The Bertz CT molecular complexity index is 1150. The molecule has 7 heteroatoms. The SMILES string of the molecule is Cc1nnc(-c2c(C)[nH]c3c(CN)cccc23)nc1NCc1cccc(F)c1. The van der Waals surface area contributed by atoms with E-state index in [0.29, 0.717) is 30.4 Å². The van der Waals surface area contributed by atoms with Crippen molar-refractivity contribution in [3.05, 3.63) is 70.8 Å². The Balaban J connectivity index is 1.71. The standard InChI is InChI=1S/C21H21FN6/c1-12-18(17-8-4-6-15(10-23)19(17)25-12)21-26-20(13(2)27-28-21)24-11-14-5-3-7-16(22)9-14/h3-9,25H,10-11,23H2,1-2H3,(H,24,26,28). The molecule has 2 heterocycles. The Morgan fingerprint density at radius 3 is 2.71 bits per heavy atom. The van der Waals surface area contributed by atoms with Gasteiger partial charge in [-0.1, -0.05) is 30.3 Å². The number of anilines is 1. The highest BCUT2D eigenvalue weighted by molar-refractivity contribution is 5.97. The van der Waals surface area contributed by atoms with E-state index in [1.54, 1.807) is 6.07 Å². The molecule has 28 heavy (non-hydrogen) atoms. The Hall–Kier alpha value is -3.32. The summed E-state index contributed by atoms with van der Waals surface area (Å²) < 4.78 is 13.4. The summed E-state index contributed by atoms with van der Waals surface area (Å²) in [4.78, 5) is 8.08. The number of hydrogen-bond donors (Lipinski definition) is 3. The van der Waals surface area contributed by atoms with E-state index in [1.165, 1.54) is 12.1 Å². The summed E-state index contributed by atoms with van der Waals surface area (Å²) in [7, 11) is 0. The molecule has 2 aromatic carbocycles. The van der Waals surface area contributed by atoms with Crippen LogP contribution in [0.2, 0.25) is 0 Å². The molecule has 4 rings (SSSR count). The van der Waals surface area contributed by atoms with E-state index in [2.05, 4.69) is 25.5 Å². The van der Waals surface area contributed by atoms with Gasteiger partial charge in [0.15, 0.2) is 11.6 Å². The minimum atomic E-state index is -0.261. The zero-order valence-corrected chi connectivity index (χ0v) is 15.8. The summed E-state index contributed by atoms with van der Waals surface area (Å²) in [5.41, 5.74) is 11.3. The Kier molecular flexibility index (Phi) is 4.75. The van der Waals surface area contributed by atoms with Crippen molar-refractivity contribution in [3.63, 3.8) is 0 Å². The van der Waals surface area contributed by atoms with Gasteiger partial charge < -0.3 is 16.0 Å². The lowest BCUT2D eigenvalue weighted by atomic mass is 10.1. The highest BCUT2D eigenvalue weighted by Gasteiger charge is 2.17. The number of nitrogens with zero attached hydrogens (tertiary/aromatic N) is 3. The van der Waals surface area contributed by atoms with Crippen LogP contribution in [0.5, 0.6) is 0 Å². The fourth-order valence-electron chi connectivity index (χ4n) is 3.35. The Morgan fingerprint density at radius 1 is 1.11 bits per heavy atom. The van der Waals surface area contributed by atoms with Crippen LogP contribution in [0.3, 0.4) is 0 Å². The van der Waals surface area contributed by atoms with Crippen LogP contribution in [0.25, 0.3) is 22.3 Å². The van der Waals surface area contributed by atoms with E-state index in [0.717, 1.165) is 33.3 Å². The van der Waals surface area contributed by atoms with Gasteiger partial charge >= 0.3 is 0 Å². The second-order valence-corrected chi connectivity index (χ2v) is 6.72. The monoisotopic (exact) mass is 376 g/mol. The minimum Gasteiger partial charge on any atom is -0.364 e. The number of hydrogen-bond acceptors (Lipinski definition) is 5. The van der Waals surface area contributed by atoms with Crippen molar-refractivity contribution in [2.75, 3.05) is 5.32 Å². The van der Waals surface area contributed by atoms with Crippen LogP contribution in [0.15, 0.2) is 42.5 Å². The largest absolute Gasteiger partial charge is 0.364 e. The topological polar surface area (TPSA) is 92.5 Å². The van der Waals surface area contributed by atoms with E-state index < -0.39 is 0 Å². The number of aromatic amines is 1. The van der Waals surface area contributed by atoms with Gasteiger partial charge in [-0.15, -0.1) is 10.2 Å². The lowest BCUT2D eigenvalue weighted by Gasteiger charge is -2.09. The first-order chi connectivity index (χ1) is 13.6. The average molecular weight is 376 g/mol. The van der Waals surface area contributed by atoms with E-state index in [4.69, 9.17) is 5.73 Å². The molecule has 0 atom stereocenters. The van der Waals surface area contributed by atoms with Gasteiger partial charge in [0.25, 0.3) is 0 Å². The predicted molar refractivity (Wildman–Crippen MR) is 108 cm³/mol. The van der Waals surface area contributed by atoms with Crippen molar-refractivity contribution in [2.24, 2.45) is 5.73 Å². The van der Waals surface area contributed by atoms with Gasteiger partial charge in [0, 0.05) is 29.7 Å². The van der Waals surface area contributed by atoms with E-state index in [9.17, 15) is 4.39 Å². The maximum Gasteiger partial charge on any atom is 0.186 e. The fourth-order valence-corrected chi connectivity index (χ4v) is 3.35. The molecule has 4 aromatic rings. The number of aryl methyl sites for hydroxylation is 2. The van der Waals surface area contributed by atoms with Gasteiger partial charge in [-0.25, -0.2) is 9.37 Å². The number of nitrogens with two attached hydrogens (primary N) is 1. The van der Waals surface area contributed by atoms with Gasteiger partial charge in [0.05, 0.1) is 5.52 Å². The molecule has 0 fully saturated rings. The predicted octanol–water partition coefficient (Wildman–Crippen LogP) is 3.85. The number of halogens is 1. The molecule has 6 nitrogen and oxygen atoms in total. The molecule has 0 radical (unpaired) electrons. The smallest absolute Gasteiger partial charge is 0.186 e. The minimum absolute atomic E-state index is 0.261. The summed E-state index contributed by atoms with van der Waals surface area (Å²) in [6, 6.07) is 12.5. The van der Waals surface area contributed by atoms with Gasteiger partial charge in [-0.2, -0.15) is 0 Å². The third kappa shape index (κ3) is 3.32. The van der Waals surface area contributed by atoms with Crippen LogP contribution in [0.4, 0.5) is 10.2 Å². The van der Waals surface area contributed by atoms with Gasteiger partial charge in [0.2, 0.25) is 0 Å². The van der Waals surface area contributed by atoms with Crippen molar-refractivity contribution in [2.45, 2.75) is 26.9 Å². The molecule has 0 aliphatic heterocycles. The molecule has 0 saturated heterocycles. The quantitative estimate of drug-likeness (QED) is 0.492. The molecular formula is C21H21FN6. The first-order valence-corrected chi connectivity index (χ1v) is 9.07. The summed E-state index contributed by atoms with van der Waals surface area (Å²) in [5.74, 6) is 0.894. The molecule has 0 unspecified atom stereocenters.